The molecule has 1 saturated carbocycles. The van der Waals surface area contributed by atoms with Gasteiger partial charge in [-0.3, -0.25) is 0 Å². The minimum absolute atomic E-state index is 0.0207. The Hall–Kier alpha value is -1.50. The SMILES string of the molecule is CC.NOC(=O)N1CCN(C(=O)NC2CCCCC2)CC1. The van der Waals surface area contributed by atoms with E-state index in [4.69, 9.17) is 5.90 Å². The summed E-state index contributed by atoms with van der Waals surface area (Å²) in [4.78, 5) is 30.7. The van der Waals surface area contributed by atoms with Crippen molar-refractivity contribution < 1.29 is 14.4 Å². The van der Waals surface area contributed by atoms with Gasteiger partial charge in [0, 0.05) is 32.2 Å². The number of rotatable bonds is 1. The lowest BCUT2D eigenvalue weighted by molar-refractivity contribution is 0.0813. The largest absolute Gasteiger partial charge is 0.428 e. The molecule has 7 heteroatoms. The van der Waals surface area contributed by atoms with Gasteiger partial charge in [0.25, 0.3) is 0 Å². The van der Waals surface area contributed by atoms with Gasteiger partial charge in [-0.1, -0.05) is 33.1 Å². The van der Waals surface area contributed by atoms with Crippen LogP contribution in [0.4, 0.5) is 9.59 Å². The van der Waals surface area contributed by atoms with Crippen LogP contribution >= 0.6 is 0 Å². The summed E-state index contributed by atoms with van der Waals surface area (Å²) in [6, 6.07) is 0.293. The molecule has 0 unspecified atom stereocenters. The number of hydrogen-bond donors (Lipinski definition) is 2. The molecule has 2 aliphatic rings. The van der Waals surface area contributed by atoms with Gasteiger partial charge in [0.1, 0.15) is 0 Å². The van der Waals surface area contributed by atoms with E-state index >= 15 is 0 Å². The Morgan fingerprint density at radius 3 is 2.05 bits per heavy atom. The Labute approximate surface area is 126 Å². The number of nitrogens with one attached hydrogen (secondary N) is 1. The molecule has 0 aromatic carbocycles. The van der Waals surface area contributed by atoms with Crippen LogP contribution in [0, 0.1) is 0 Å². The Morgan fingerprint density at radius 2 is 1.52 bits per heavy atom. The van der Waals surface area contributed by atoms with E-state index < -0.39 is 6.09 Å². The zero-order valence-electron chi connectivity index (χ0n) is 13.1. The maximum Gasteiger partial charge on any atom is 0.428 e. The molecule has 1 heterocycles. The van der Waals surface area contributed by atoms with Crippen LogP contribution in [0.3, 0.4) is 0 Å². The molecule has 0 aromatic heterocycles. The predicted octanol–water partition coefficient (Wildman–Crippen LogP) is 1.68. The zero-order chi connectivity index (χ0) is 15.7. The highest BCUT2D eigenvalue weighted by molar-refractivity contribution is 5.75. The van der Waals surface area contributed by atoms with Crippen LogP contribution in [0.2, 0.25) is 0 Å². The summed E-state index contributed by atoms with van der Waals surface area (Å²) in [5, 5.41) is 3.07. The van der Waals surface area contributed by atoms with Crippen LogP contribution in [0.1, 0.15) is 46.0 Å². The van der Waals surface area contributed by atoms with E-state index in [0.29, 0.717) is 32.2 Å². The quantitative estimate of drug-likeness (QED) is 0.721. The van der Waals surface area contributed by atoms with Crippen LogP contribution in [0.25, 0.3) is 0 Å². The molecule has 21 heavy (non-hydrogen) atoms. The van der Waals surface area contributed by atoms with E-state index in [2.05, 4.69) is 10.2 Å². The number of nitrogens with two attached hydrogens (primary N) is 1. The maximum absolute atomic E-state index is 12.1. The summed E-state index contributed by atoms with van der Waals surface area (Å²) in [6.45, 7) is 5.98. The third kappa shape index (κ3) is 5.41. The maximum atomic E-state index is 12.1. The average Bonchev–Trinajstić information content (AvgIpc) is 2.57. The fraction of sp³-hybridized carbons (Fsp3) is 0.857. The molecule has 2 fully saturated rings. The minimum Gasteiger partial charge on any atom is -0.357 e. The second kappa shape index (κ2) is 9.44. The van der Waals surface area contributed by atoms with Crippen molar-refractivity contribution >= 4 is 12.1 Å². The fourth-order valence-corrected chi connectivity index (χ4v) is 2.68. The van der Waals surface area contributed by atoms with Gasteiger partial charge in [-0.05, 0) is 12.8 Å². The third-order valence-corrected chi connectivity index (χ3v) is 3.86. The van der Waals surface area contributed by atoms with Crippen molar-refractivity contribution in [2.45, 2.75) is 52.0 Å². The van der Waals surface area contributed by atoms with Crippen LogP contribution in [0.15, 0.2) is 0 Å². The van der Waals surface area contributed by atoms with Crippen molar-refractivity contribution in [2.75, 3.05) is 26.2 Å². The Morgan fingerprint density at radius 1 is 1.00 bits per heavy atom. The monoisotopic (exact) mass is 300 g/mol. The molecule has 122 valence electrons. The lowest BCUT2D eigenvalue weighted by Gasteiger charge is -2.35. The molecule has 0 radical (unpaired) electrons. The number of carbonyl (C=O) groups excluding carboxylic acids is 2. The van der Waals surface area contributed by atoms with Gasteiger partial charge in [-0.2, -0.15) is 5.90 Å². The first-order valence-corrected chi connectivity index (χ1v) is 7.92. The van der Waals surface area contributed by atoms with Gasteiger partial charge in [-0.25, -0.2) is 9.59 Å². The van der Waals surface area contributed by atoms with Crippen molar-refractivity contribution in [3.05, 3.63) is 0 Å². The summed E-state index contributed by atoms with van der Waals surface area (Å²) >= 11 is 0. The topological polar surface area (TPSA) is 87.9 Å². The summed E-state index contributed by atoms with van der Waals surface area (Å²) < 4.78 is 0. The molecule has 1 aliphatic heterocycles. The van der Waals surface area contributed by atoms with Crippen molar-refractivity contribution in [2.24, 2.45) is 5.90 Å². The van der Waals surface area contributed by atoms with Gasteiger partial charge in [0.05, 0.1) is 0 Å². The lowest BCUT2D eigenvalue weighted by Crippen LogP contribution is -2.55. The Balaban J connectivity index is 0.00000106. The van der Waals surface area contributed by atoms with Gasteiger partial charge in [0.2, 0.25) is 0 Å². The number of nitrogens with zero attached hydrogens (tertiary/aromatic N) is 2. The van der Waals surface area contributed by atoms with Crippen molar-refractivity contribution in [3.63, 3.8) is 0 Å². The fourth-order valence-electron chi connectivity index (χ4n) is 2.68. The molecule has 0 aromatic rings. The summed E-state index contributed by atoms with van der Waals surface area (Å²) in [5.74, 6) is 4.84. The highest BCUT2D eigenvalue weighted by atomic mass is 16.7. The van der Waals surface area contributed by atoms with Crippen molar-refractivity contribution in [1.29, 1.82) is 0 Å². The van der Waals surface area contributed by atoms with E-state index in [0.717, 1.165) is 12.8 Å². The average molecular weight is 300 g/mol. The molecule has 3 N–H and O–H groups in total. The van der Waals surface area contributed by atoms with Gasteiger partial charge >= 0.3 is 12.1 Å². The first kappa shape index (κ1) is 17.6. The van der Waals surface area contributed by atoms with E-state index in [9.17, 15) is 9.59 Å². The molecule has 3 amide bonds. The second-order valence-electron chi connectivity index (χ2n) is 5.14. The van der Waals surface area contributed by atoms with E-state index in [1.807, 2.05) is 13.8 Å². The van der Waals surface area contributed by atoms with Gasteiger partial charge < -0.3 is 20.0 Å². The number of amides is 3. The number of piperazine rings is 1. The van der Waals surface area contributed by atoms with Crippen LogP contribution in [-0.4, -0.2) is 54.1 Å². The zero-order valence-corrected chi connectivity index (χ0v) is 13.1. The van der Waals surface area contributed by atoms with Crippen molar-refractivity contribution in [1.82, 2.24) is 15.1 Å². The highest BCUT2D eigenvalue weighted by Crippen LogP contribution is 2.17. The van der Waals surface area contributed by atoms with Crippen LogP contribution in [0.5, 0.6) is 0 Å². The molecule has 1 saturated heterocycles. The summed E-state index contributed by atoms with van der Waals surface area (Å²) in [6.07, 6.45) is 5.28. The molecular formula is C14H28N4O3. The molecular weight excluding hydrogens is 272 g/mol. The van der Waals surface area contributed by atoms with Gasteiger partial charge in [-0.15, -0.1) is 0 Å². The van der Waals surface area contributed by atoms with E-state index in [1.165, 1.54) is 24.2 Å². The smallest absolute Gasteiger partial charge is 0.357 e. The normalized spacial score (nSPS) is 19.4. The lowest BCUT2D eigenvalue weighted by atomic mass is 9.96. The Bertz CT molecular complexity index is 324. The van der Waals surface area contributed by atoms with Crippen molar-refractivity contribution in [3.8, 4) is 0 Å². The molecule has 1 aliphatic carbocycles. The molecule has 0 bridgehead atoms. The van der Waals surface area contributed by atoms with Gasteiger partial charge in [0.15, 0.2) is 0 Å². The molecule has 0 atom stereocenters. The molecule has 2 rings (SSSR count). The molecule has 0 spiro atoms. The van der Waals surface area contributed by atoms with Crippen LogP contribution in [-0.2, 0) is 4.84 Å². The number of hydrogen-bond acceptors (Lipinski definition) is 4. The standard InChI is InChI=1S/C12H22N4O3.C2H6/c13-19-12(18)16-8-6-15(7-9-16)11(17)14-10-4-2-1-3-5-10;1-2/h10H,1-9,13H2,(H,14,17);1-2H3. The molecule has 7 nitrogen and oxygen atoms in total. The number of urea groups is 1. The summed E-state index contributed by atoms with van der Waals surface area (Å²) in [5.41, 5.74) is 0. The first-order valence-electron chi connectivity index (χ1n) is 7.92. The summed E-state index contributed by atoms with van der Waals surface area (Å²) in [7, 11) is 0. The first-order chi connectivity index (χ1) is 10.2. The second-order valence-corrected chi connectivity index (χ2v) is 5.14. The minimum atomic E-state index is -0.535. The van der Waals surface area contributed by atoms with E-state index in [-0.39, 0.29) is 6.03 Å². The van der Waals surface area contributed by atoms with Crippen LogP contribution < -0.4 is 11.2 Å². The highest BCUT2D eigenvalue weighted by Gasteiger charge is 2.26. The number of carbonyl (C=O) groups is 2. The third-order valence-electron chi connectivity index (χ3n) is 3.86. The Kier molecular flexibility index (Phi) is 7.89. The van der Waals surface area contributed by atoms with E-state index in [1.54, 1.807) is 4.90 Å². The predicted molar refractivity (Wildman–Crippen MR) is 80.6 cm³/mol.